The summed E-state index contributed by atoms with van der Waals surface area (Å²) in [6, 6.07) is 17.4. The van der Waals surface area contributed by atoms with Gasteiger partial charge in [0.25, 0.3) is 5.91 Å². The number of thiazole rings is 1. The lowest BCUT2D eigenvalue weighted by molar-refractivity contribution is 0.102. The zero-order valence-corrected chi connectivity index (χ0v) is 13.9. The number of hydrogen-bond acceptors (Lipinski definition) is 3. The Morgan fingerprint density at radius 2 is 1.92 bits per heavy atom. The van der Waals surface area contributed by atoms with Crippen molar-refractivity contribution in [3.63, 3.8) is 0 Å². The van der Waals surface area contributed by atoms with Gasteiger partial charge in [-0.2, -0.15) is 0 Å². The van der Waals surface area contributed by atoms with Gasteiger partial charge in [-0.1, -0.05) is 30.3 Å². The molecule has 0 unspecified atom stereocenters. The molecule has 0 aliphatic rings. The van der Waals surface area contributed by atoms with Crippen LogP contribution < -0.4 is 5.32 Å². The van der Waals surface area contributed by atoms with Gasteiger partial charge in [0.1, 0.15) is 5.69 Å². The highest BCUT2D eigenvalue weighted by atomic mass is 32.1. The molecule has 0 aliphatic carbocycles. The van der Waals surface area contributed by atoms with Gasteiger partial charge in [-0.25, -0.2) is 4.98 Å². The minimum atomic E-state index is -0.150. The van der Waals surface area contributed by atoms with Crippen molar-refractivity contribution in [3.8, 4) is 11.3 Å². The average molecular weight is 333 g/mol. The fraction of sp³-hybridized carbons (Fsp3) is 0.0526. The summed E-state index contributed by atoms with van der Waals surface area (Å²) in [6.07, 6.45) is 0. The van der Waals surface area contributed by atoms with Crippen molar-refractivity contribution in [2.24, 2.45) is 0 Å². The summed E-state index contributed by atoms with van der Waals surface area (Å²) in [4.78, 5) is 20.0. The zero-order chi connectivity index (χ0) is 16.5. The van der Waals surface area contributed by atoms with Crippen LogP contribution >= 0.6 is 11.3 Å². The van der Waals surface area contributed by atoms with Crippen molar-refractivity contribution in [1.29, 1.82) is 0 Å². The van der Waals surface area contributed by atoms with Crippen LogP contribution in [0.15, 0.2) is 60.0 Å². The first-order valence-corrected chi connectivity index (χ1v) is 8.49. The molecule has 0 saturated heterocycles. The molecule has 2 heterocycles. The smallest absolute Gasteiger partial charge is 0.272 e. The molecule has 5 heteroatoms. The zero-order valence-electron chi connectivity index (χ0n) is 13.0. The third-order valence-electron chi connectivity index (χ3n) is 3.83. The number of H-pyrrole nitrogens is 1. The van der Waals surface area contributed by atoms with E-state index in [1.165, 1.54) is 0 Å². The van der Waals surface area contributed by atoms with Crippen LogP contribution in [0.1, 0.15) is 15.5 Å². The maximum atomic E-state index is 12.4. The van der Waals surface area contributed by atoms with Gasteiger partial charge in [0, 0.05) is 27.5 Å². The second-order valence-corrected chi connectivity index (χ2v) is 6.62. The molecule has 0 radical (unpaired) electrons. The van der Waals surface area contributed by atoms with E-state index in [1.54, 1.807) is 11.3 Å². The van der Waals surface area contributed by atoms with Crippen LogP contribution in [0.25, 0.3) is 22.2 Å². The van der Waals surface area contributed by atoms with Gasteiger partial charge >= 0.3 is 0 Å². The molecule has 4 aromatic rings. The highest BCUT2D eigenvalue weighted by Gasteiger charge is 2.10. The predicted molar refractivity (Wildman–Crippen MR) is 98.5 cm³/mol. The number of nitrogens with one attached hydrogen (secondary N) is 2. The highest BCUT2D eigenvalue weighted by Crippen LogP contribution is 2.23. The normalized spacial score (nSPS) is 10.9. The van der Waals surface area contributed by atoms with Crippen LogP contribution in [-0.2, 0) is 0 Å². The molecule has 4 nitrogen and oxygen atoms in total. The number of fused-ring (bicyclic) bond motifs is 1. The summed E-state index contributed by atoms with van der Waals surface area (Å²) < 4.78 is 0. The average Bonchev–Trinajstić information content (AvgIpc) is 3.21. The molecule has 2 aromatic heterocycles. The van der Waals surface area contributed by atoms with Crippen LogP contribution in [-0.4, -0.2) is 15.9 Å². The topological polar surface area (TPSA) is 57.8 Å². The Morgan fingerprint density at radius 3 is 2.62 bits per heavy atom. The van der Waals surface area contributed by atoms with E-state index in [2.05, 4.69) is 15.3 Å². The Morgan fingerprint density at radius 1 is 1.12 bits per heavy atom. The second-order valence-electron chi connectivity index (χ2n) is 5.55. The maximum Gasteiger partial charge on any atom is 0.272 e. The van der Waals surface area contributed by atoms with Crippen LogP contribution in [0, 0.1) is 6.92 Å². The molecule has 24 heavy (non-hydrogen) atoms. The molecule has 2 aromatic carbocycles. The minimum Gasteiger partial charge on any atom is -0.351 e. The van der Waals surface area contributed by atoms with Crippen molar-refractivity contribution >= 4 is 33.8 Å². The number of anilines is 1. The van der Waals surface area contributed by atoms with Crippen LogP contribution in [0.4, 0.5) is 5.69 Å². The molecule has 0 spiro atoms. The number of amides is 1. The summed E-state index contributed by atoms with van der Waals surface area (Å²) in [5.41, 5.74) is 4.27. The molecule has 0 saturated carbocycles. The SMILES string of the molecule is Cc1nc(-c2ccc(NC(=O)c3cc4ccccc4[nH]3)cc2)cs1. The van der Waals surface area contributed by atoms with Crippen molar-refractivity contribution in [2.45, 2.75) is 6.92 Å². The fourth-order valence-corrected chi connectivity index (χ4v) is 3.24. The molecule has 0 aliphatic heterocycles. The van der Waals surface area contributed by atoms with Gasteiger partial charge in [-0.05, 0) is 31.2 Å². The van der Waals surface area contributed by atoms with Gasteiger partial charge in [0.2, 0.25) is 0 Å². The third-order valence-corrected chi connectivity index (χ3v) is 4.61. The van der Waals surface area contributed by atoms with E-state index in [0.717, 1.165) is 32.9 Å². The molecular weight excluding hydrogens is 318 g/mol. The lowest BCUT2D eigenvalue weighted by Crippen LogP contribution is -2.12. The van der Waals surface area contributed by atoms with E-state index in [4.69, 9.17) is 0 Å². The lowest BCUT2D eigenvalue weighted by Gasteiger charge is -2.04. The third kappa shape index (κ3) is 2.81. The number of para-hydroxylation sites is 1. The van der Waals surface area contributed by atoms with Crippen molar-refractivity contribution in [1.82, 2.24) is 9.97 Å². The molecule has 1 amide bonds. The first-order chi connectivity index (χ1) is 11.7. The first-order valence-electron chi connectivity index (χ1n) is 7.61. The maximum absolute atomic E-state index is 12.4. The Bertz CT molecular complexity index is 981. The summed E-state index contributed by atoms with van der Waals surface area (Å²) in [6.45, 7) is 1.99. The van der Waals surface area contributed by atoms with Crippen molar-refractivity contribution in [3.05, 3.63) is 70.7 Å². The van der Waals surface area contributed by atoms with Gasteiger partial charge in [-0.15, -0.1) is 11.3 Å². The summed E-state index contributed by atoms with van der Waals surface area (Å²) in [5, 5.41) is 7.02. The van der Waals surface area contributed by atoms with E-state index >= 15 is 0 Å². The monoisotopic (exact) mass is 333 g/mol. The summed E-state index contributed by atoms with van der Waals surface area (Å²) >= 11 is 1.63. The quantitative estimate of drug-likeness (QED) is 0.563. The van der Waals surface area contributed by atoms with E-state index < -0.39 is 0 Å². The highest BCUT2D eigenvalue weighted by molar-refractivity contribution is 7.09. The van der Waals surface area contributed by atoms with Crippen molar-refractivity contribution < 1.29 is 4.79 Å². The predicted octanol–water partition coefficient (Wildman–Crippen LogP) is 4.85. The number of aromatic nitrogens is 2. The van der Waals surface area contributed by atoms with E-state index in [-0.39, 0.29) is 5.91 Å². The van der Waals surface area contributed by atoms with Gasteiger partial charge in [0.05, 0.1) is 10.7 Å². The number of nitrogens with zero attached hydrogens (tertiary/aromatic N) is 1. The number of aryl methyl sites for hydroxylation is 1. The number of carbonyl (C=O) groups is 1. The minimum absolute atomic E-state index is 0.150. The largest absolute Gasteiger partial charge is 0.351 e. The van der Waals surface area contributed by atoms with E-state index in [0.29, 0.717) is 5.69 Å². The van der Waals surface area contributed by atoms with Crippen LogP contribution in [0.3, 0.4) is 0 Å². The number of aromatic amines is 1. The molecule has 4 rings (SSSR count). The molecule has 0 bridgehead atoms. The van der Waals surface area contributed by atoms with Gasteiger partial charge in [-0.3, -0.25) is 4.79 Å². The molecular formula is C19H15N3OS. The first kappa shape index (κ1) is 14.7. The molecule has 118 valence electrons. The summed E-state index contributed by atoms with van der Waals surface area (Å²) in [5.74, 6) is -0.150. The number of rotatable bonds is 3. The lowest BCUT2D eigenvalue weighted by atomic mass is 10.1. The Kier molecular flexibility index (Phi) is 3.63. The van der Waals surface area contributed by atoms with E-state index in [9.17, 15) is 4.79 Å². The standard InChI is InChI=1S/C19H15N3OS/c1-12-20-18(11-24-12)13-6-8-15(9-7-13)21-19(23)17-10-14-4-2-3-5-16(14)22-17/h2-11,22H,1H3,(H,21,23). The number of benzene rings is 2. The Labute approximate surface area is 143 Å². The van der Waals surface area contributed by atoms with Crippen LogP contribution in [0.2, 0.25) is 0 Å². The van der Waals surface area contributed by atoms with Gasteiger partial charge < -0.3 is 10.3 Å². The van der Waals surface area contributed by atoms with Crippen LogP contribution in [0.5, 0.6) is 0 Å². The summed E-state index contributed by atoms with van der Waals surface area (Å²) in [7, 11) is 0. The second kappa shape index (κ2) is 5.94. The number of hydrogen-bond donors (Lipinski definition) is 2. The fourth-order valence-electron chi connectivity index (χ4n) is 2.61. The Hall–Kier alpha value is -2.92. The van der Waals surface area contributed by atoms with Crippen molar-refractivity contribution in [2.75, 3.05) is 5.32 Å². The van der Waals surface area contributed by atoms with E-state index in [1.807, 2.05) is 66.9 Å². The van der Waals surface area contributed by atoms with Gasteiger partial charge in [0.15, 0.2) is 0 Å². The molecule has 0 atom stereocenters. The number of carbonyl (C=O) groups excluding carboxylic acids is 1. The molecule has 2 N–H and O–H groups in total. The Balaban J connectivity index is 1.53. The molecule has 0 fully saturated rings.